The lowest BCUT2D eigenvalue weighted by Crippen LogP contribution is -2.46. The highest BCUT2D eigenvalue weighted by Crippen LogP contribution is 2.33. The summed E-state index contributed by atoms with van der Waals surface area (Å²) in [5.74, 6) is 2.30. The molecule has 0 bridgehead atoms. The highest BCUT2D eigenvalue weighted by molar-refractivity contribution is 5.39. The van der Waals surface area contributed by atoms with Gasteiger partial charge in [0.2, 0.25) is 0 Å². The summed E-state index contributed by atoms with van der Waals surface area (Å²) in [4.78, 5) is 5.13. The summed E-state index contributed by atoms with van der Waals surface area (Å²) in [6, 6.07) is 25.6. The lowest BCUT2D eigenvalue weighted by molar-refractivity contribution is 0.106. The Bertz CT molecular complexity index is 1060. The molecule has 1 fully saturated rings. The van der Waals surface area contributed by atoms with Crippen LogP contribution < -0.4 is 9.47 Å². The lowest BCUT2D eigenvalue weighted by Gasteiger charge is -2.35. The summed E-state index contributed by atoms with van der Waals surface area (Å²) in [5.41, 5.74) is 5.06. The number of benzene rings is 3. The Hall–Kier alpha value is -2.82. The molecule has 3 aromatic carbocycles. The van der Waals surface area contributed by atoms with E-state index < -0.39 is 0 Å². The first kappa shape index (κ1) is 25.3. The fourth-order valence-electron chi connectivity index (χ4n) is 4.86. The van der Waals surface area contributed by atoms with E-state index in [1.165, 1.54) is 16.7 Å². The molecule has 4 rings (SSSR count). The summed E-state index contributed by atoms with van der Waals surface area (Å²) in [5, 5.41) is 0. The van der Waals surface area contributed by atoms with E-state index in [0.717, 1.165) is 62.8 Å². The Morgan fingerprint density at radius 2 is 1.51 bits per heavy atom. The molecule has 0 amide bonds. The van der Waals surface area contributed by atoms with E-state index in [4.69, 9.17) is 9.47 Å². The number of methoxy groups -OCH3 is 1. The molecule has 1 aliphatic heterocycles. The molecular formula is C31H40N2O2. The fraction of sp³-hybridized carbons (Fsp3) is 0.419. The maximum Gasteiger partial charge on any atom is 0.128 e. The summed E-state index contributed by atoms with van der Waals surface area (Å²) in [6.07, 6.45) is 0.861. The molecule has 35 heavy (non-hydrogen) atoms. The van der Waals surface area contributed by atoms with Crippen molar-refractivity contribution >= 4 is 0 Å². The van der Waals surface area contributed by atoms with Gasteiger partial charge in [0.1, 0.15) is 17.6 Å². The monoisotopic (exact) mass is 472 g/mol. The summed E-state index contributed by atoms with van der Waals surface area (Å²) in [6.45, 7) is 13.0. The first-order chi connectivity index (χ1) is 17.0. The minimum Gasteiger partial charge on any atom is -0.496 e. The SMILES string of the molecule is COc1ccccc1C(CCN1CCN(Cc2ccccc2)CC1)Oc1cc(C)cc(C(C)C)c1. The van der Waals surface area contributed by atoms with Crippen LogP contribution in [0, 0.1) is 6.92 Å². The van der Waals surface area contributed by atoms with Crippen molar-refractivity contribution in [2.75, 3.05) is 39.8 Å². The number of para-hydroxylation sites is 1. The van der Waals surface area contributed by atoms with Crippen molar-refractivity contribution in [1.82, 2.24) is 9.80 Å². The molecule has 4 heteroatoms. The van der Waals surface area contributed by atoms with Crippen LogP contribution in [0.5, 0.6) is 11.5 Å². The average molecular weight is 473 g/mol. The van der Waals surface area contributed by atoms with Gasteiger partial charge in [-0.15, -0.1) is 0 Å². The highest BCUT2D eigenvalue weighted by Gasteiger charge is 2.22. The van der Waals surface area contributed by atoms with Crippen LogP contribution in [0.25, 0.3) is 0 Å². The van der Waals surface area contributed by atoms with Crippen LogP contribution in [0.15, 0.2) is 72.8 Å². The molecule has 1 saturated heterocycles. The molecule has 0 radical (unpaired) electrons. The zero-order chi connectivity index (χ0) is 24.6. The lowest BCUT2D eigenvalue weighted by atomic mass is 10.0. The van der Waals surface area contributed by atoms with Crippen LogP contribution in [0.1, 0.15) is 54.5 Å². The predicted molar refractivity (Wildman–Crippen MR) is 144 cm³/mol. The Labute approximate surface area is 211 Å². The number of piperazine rings is 1. The van der Waals surface area contributed by atoms with Gasteiger partial charge in [0.15, 0.2) is 0 Å². The van der Waals surface area contributed by atoms with E-state index in [0.29, 0.717) is 5.92 Å². The van der Waals surface area contributed by atoms with Gasteiger partial charge >= 0.3 is 0 Å². The van der Waals surface area contributed by atoms with Gasteiger partial charge in [-0.05, 0) is 47.7 Å². The quantitative estimate of drug-likeness (QED) is 0.338. The van der Waals surface area contributed by atoms with E-state index in [9.17, 15) is 0 Å². The Morgan fingerprint density at radius 1 is 0.829 bits per heavy atom. The van der Waals surface area contributed by atoms with Gasteiger partial charge in [-0.2, -0.15) is 0 Å². The topological polar surface area (TPSA) is 24.9 Å². The molecule has 3 aromatic rings. The van der Waals surface area contributed by atoms with E-state index in [1.54, 1.807) is 7.11 Å². The normalized spacial score (nSPS) is 15.8. The van der Waals surface area contributed by atoms with E-state index in [1.807, 2.05) is 12.1 Å². The van der Waals surface area contributed by atoms with Crippen LogP contribution in [-0.2, 0) is 6.54 Å². The molecule has 186 valence electrons. The van der Waals surface area contributed by atoms with Crippen LogP contribution in [0.2, 0.25) is 0 Å². The molecule has 1 aliphatic rings. The molecule has 1 unspecified atom stereocenters. The van der Waals surface area contributed by atoms with E-state index in [2.05, 4.69) is 91.2 Å². The molecule has 1 atom stereocenters. The summed E-state index contributed by atoms with van der Waals surface area (Å²) >= 11 is 0. The van der Waals surface area contributed by atoms with Crippen molar-refractivity contribution in [2.45, 2.75) is 45.8 Å². The minimum absolute atomic E-state index is 0.0599. The maximum atomic E-state index is 6.69. The zero-order valence-corrected chi connectivity index (χ0v) is 21.7. The smallest absolute Gasteiger partial charge is 0.128 e. The number of ether oxygens (including phenoxy) is 2. The Kier molecular flexibility index (Phi) is 8.84. The van der Waals surface area contributed by atoms with Crippen LogP contribution in [0.3, 0.4) is 0 Å². The third kappa shape index (κ3) is 7.09. The third-order valence-corrected chi connectivity index (χ3v) is 6.93. The van der Waals surface area contributed by atoms with Gasteiger partial charge in [-0.25, -0.2) is 0 Å². The maximum absolute atomic E-state index is 6.69. The second-order valence-corrected chi connectivity index (χ2v) is 9.97. The molecule has 0 N–H and O–H groups in total. The van der Waals surface area contributed by atoms with Gasteiger partial charge in [0.05, 0.1) is 7.11 Å². The predicted octanol–water partition coefficient (Wildman–Crippen LogP) is 6.46. The van der Waals surface area contributed by atoms with Crippen molar-refractivity contribution < 1.29 is 9.47 Å². The summed E-state index contributed by atoms with van der Waals surface area (Å²) < 4.78 is 12.4. The highest BCUT2D eigenvalue weighted by atomic mass is 16.5. The van der Waals surface area contributed by atoms with Crippen LogP contribution in [-0.4, -0.2) is 49.6 Å². The fourth-order valence-corrected chi connectivity index (χ4v) is 4.86. The molecule has 0 aromatic heterocycles. The van der Waals surface area contributed by atoms with Crippen molar-refractivity contribution in [2.24, 2.45) is 0 Å². The number of hydrogen-bond acceptors (Lipinski definition) is 4. The Morgan fingerprint density at radius 3 is 2.23 bits per heavy atom. The first-order valence-electron chi connectivity index (χ1n) is 12.9. The molecule has 0 spiro atoms. The van der Waals surface area contributed by atoms with Crippen molar-refractivity contribution in [3.8, 4) is 11.5 Å². The number of aryl methyl sites for hydroxylation is 1. The molecule has 4 nitrogen and oxygen atoms in total. The number of rotatable bonds is 10. The minimum atomic E-state index is -0.0599. The first-order valence-corrected chi connectivity index (χ1v) is 12.9. The third-order valence-electron chi connectivity index (χ3n) is 6.93. The molecular weight excluding hydrogens is 432 g/mol. The van der Waals surface area contributed by atoms with Gasteiger partial charge in [0, 0.05) is 51.3 Å². The van der Waals surface area contributed by atoms with E-state index >= 15 is 0 Å². The average Bonchev–Trinajstić information content (AvgIpc) is 2.87. The molecule has 0 saturated carbocycles. The van der Waals surface area contributed by atoms with E-state index in [-0.39, 0.29) is 6.10 Å². The molecule has 0 aliphatic carbocycles. The zero-order valence-electron chi connectivity index (χ0n) is 21.7. The summed E-state index contributed by atoms with van der Waals surface area (Å²) in [7, 11) is 1.74. The largest absolute Gasteiger partial charge is 0.496 e. The standard InChI is InChI=1S/C31H40N2O2/c1-24(2)27-20-25(3)21-28(22-27)35-31(29-12-8-9-13-30(29)34-4)14-15-32-16-18-33(19-17-32)23-26-10-6-5-7-11-26/h5-13,20-22,24,31H,14-19,23H2,1-4H3. The molecule has 1 heterocycles. The second-order valence-electron chi connectivity index (χ2n) is 9.97. The second kappa shape index (κ2) is 12.2. The van der Waals surface area contributed by atoms with Crippen molar-refractivity contribution in [3.63, 3.8) is 0 Å². The van der Waals surface area contributed by atoms with Crippen LogP contribution >= 0.6 is 0 Å². The number of hydrogen-bond donors (Lipinski definition) is 0. The van der Waals surface area contributed by atoms with Gasteiger partial charge in [-0.3, -0.25) is 4.90 Å². The number of nitrogens with zero attached hydrogens (tertiary/aromatic N) is 2. The van der Waals surface area contributed by atoms with Crippen molar-refractivity contribution in [1.29, 1.82) is 0 Å². The van der Waals surface area contributed by atoms with Crippen molar-refractivity contribution in [3.05, 3.63) is 95.1 Å². The van der Waals surface area contributed by atoms with Gasteiger partial charge in [-0.1, -0.05) is 68.4 Å². The Balaban J connectivity index is 1.42. The van der Waals surface area contributed by atoms with Gasteiger partial charge in [0.25, 0.3) is 0 Å². The van der Waals surface area contributed by atoms with Crippen LogP contribution in [0.4, 0.5) is 0 Å². The van der Waals surface area contributed by atoms with Gasteiger partial charge < -0.3 is 14.4 Å².